The molecule has 1 aliphatic heterocycles. The van der Waals surface area contributed by atoms with Crippen molar-refractivity contribution in [2.75, 3.05) is 13.1 Å². The highest BCUT2D eigenvalue weighted by molar-refractivity contribution is 5.93. The summed E-state index contributed by atoms with van der Waals surface area (Å²) in [5.41, 5.74) is 3.39. The van der Waals surface area contributed by atoms with Crippen molar-refractivity contribution in [3.05, 3.63) is 34.6 Å². The molecule has 0 spiro atoms. The third-order valence-electron chi connectivity index (χ3n) is 3.43. The molecule has 5 heteroatoms. The second kappa shape index (κ2) is 5.50. The first-order chi connectivity index (χ1) is 9.30. The maximum absolute atomic E-state index is 14.1. The lowest BCUT2D eigenvalue weighted by Crippen LogP contribution is -2.37. The van der Waals surface area contributed by atoms with Crippen LogP contribution in [0.4, 0.5) is 4.39 Å². The monoisotopic (exact) mass is 280 g/mol. The van der Waals surface area contributed by atoms with E-state index < -0.39 is 5.91 Å². The van der Waals surface area contributed by atoms with Crippen LogP contribution < -0.4 is 5.48 Å². The molecule has 110 valence electrons. The van der Waals surface area contributed by atoms with Crippen LogP contribution >= 0.6 is 0 Å². The standard InChI is InChI=1S/C15H21FN2O2/c1-15(2,3)9-18-5-4-10-6-11(14(19)17-20)7-13(16)12(10)8-18/h6-7,20H,4-5,8-9H2,1-3H3,(H,17,19). The van der Waals surface area contributed by atoms with E-state index in [-0.39, 0.29) is 16.8 Å². The highest BCUT2D eigenvalue weighted by Crippen LogP contribution is 2.26. The molecule has 0 bridgehead atoms. The second-order valence-electron chi connectivity index (χ2n) is 6.56. The van der Waals surface area contributed by atoms with Gasteiger partial charge in [0.2, 0.25) is 0 Å². The van der Waals surface area contributed by atoms with Gasteiger partial charge in [0.05, 0.1) is 0 Å². The Hall–Kier alpha value is -1.46. The van der Waals surface area contributed by atoms with Gasteiger partial charge in [-0.2, -0.15) is 0 Å². The summed E-state index contributed by atoms with van der Waals surface area (Å²) in [5, 5.41) is 8.62. The van der Waals surface area contributed by atoms with E-state index in [1.165, 1.54) is 11.5 Å². The SMILES string of the molecule is CC(C)(C)CN1CCc2cc(C(=O)NO)cc(F)c2C1. The number of nitrogens with zero attached hydrogens (tertiary/aromatic N) is 1. The molecule has 4 nitrogen and oxygen atoms in total. The molecule has 0 aromatic heterocycles. The van der Waals surface area contributed by atoms with Crippen molar-refractivity contribution >= 4 is 5.91 Å². The van der Waals surface area contributed by atoms with Gasteiger partial charge in [0.15, 0.2) is 0 Å². The molecule has 0 saturated heterocycles. The molecular formula is C15H21FN2O2. The molecule has 0 fully saturated rings. The minimum atomic E-state index is -0.677. The van der Waals surface area contributed by atoms with Crippen LogP contribution in [0, 0.1) is 11.2 Å². The summed E-state index contributed by atoms with van der Waals surface area (Å²) < 4.78 is 14.1. The normalized spacial score (nSPS) is 15.8. The van der Waals surface area contributed by atoms with Gasteiger partial charge in [0.25, 0.3) is 5.91 Å². The van der Waals surface area contributed by atoms with Crippen molar-refractivity contribution in [3.8, 4) is 0 Å². The predicted molar refractivity (Wildman–Crippen MR) is 74.1 cm³/mol. The van der Waals surface area contributed by atoms with Crippen LogP contribution in [-0.2, 0) is 13.0 Å². The Morgan fingerprint density at radius 3 is 2.75 bits per heavy atom. The summed E-state index contributed by atoms with van der Waals surface area (Å²) in [4.78, 5) is 13.6. The quantitative estimate of drug-likeness (QED) is 0.646. The van der Waals surface area contributed by atoms with Crippen molar-refractivity contribution in [1.82, 2.24) is 10.4 Å². The van der Waals surface area contributed by atoms with E-state index in [0.29, 0.717) is 12.1 Å². The average molecular weight is 280 g/mol. The Morgan fingerprint density at radius 2 is 2.15 bits per heavy atom. The molecule has 20 heavy (non-hydrogen) atoms. The molecular weight excluding hydrogens is 259 g/mol. The van der Waals surface area contributed by atoms with E-state index in [4.69, 9.17) is 5.21 Å². The van der Waals surface area contributed by atoms with Gasteiger partial charge >= 0.3 is 0 Å². The van der Waals surface area contributed by atoms with Crippen LogP contribution in [0.1, 0.15) is 42.3 Å². The fourth-order valence-corrected chi connectivity index (χ4v) is 2.68. The topological polar surface area (TPSA) is 52.6 Å². The summed E-state index contributed by atoms with van der Waals surface area (Å²) in [7, 11) is 0. The first kappa shape index (κ1) is 14.9. The zero-order valence-electron chi connectivity index (χ0n) is 12.2. The van der Waals surface area contributed by atoms with Crippen LogP contribution in [0.2, 0.25) is 0 Å². The second-order valence-corrected chi connectivity index (χ2v) is 6.56. The minimum Gasteiger partial charge on any atom is -0.298 e. The van der Waals surface area contributed by atoms with Crippen LogP contribution in [-0.4, -0.2) is 29.1 Å². The van der Waals surface area contributed by atoms with E-state index in [9.17, 15) is 9.18 Å². The highest BCUT2D eigenvalue weighted by Gasteiger charge is 2.24. The number of carbonyl (C=O) groups is 1. The third-order valence-corrected chi connectivity index (χ3v) is 3.43. The number of hydroxylamine groups is 1. The minimum absolute atomic E-state index is 0.160. The largest absolute Gasteiger partial charge is 0.298 e. The first-order valence-corrected chi connectivity index (χ1v) is 6.78. The summed E-state index contributed by atoms with van der Waals surface area (Å²) in [6.45, 7) is 8.81. The number of benzene rings is 1. The van der Waals surface area contributed by atoms with Crippen molar-refractivity contribution in [2.24, 2.45) is 5.41 Å². The average Bonchev–Trinajstić information content (AvgIpc) is 2.36. The van der Waals surface area contributed by atoms with Crippen molar-refractivity contribution in [3.63, 3.8) is 0 Å². The van der Waals surface area contributed by atoms with Gasteiger partial charge < -0.3 is 0 Å². The number of halogens is 1. The Morgan fingerprint density at radius 1 is 1.45 bits per heavy atom. The molecule has 0 saturated carbocycles. The molecule has 2 rings (SSSR count). The lowest BCUT2D eigenvalue weighted by Gasteiger charge is -2.34. The maximum atomic E-state index is 14.1. The summed E-state index contributed by atoms with van der Waals surface area (Å²) in [5.74, 6) is -1.05. The van der Waals surface area contributed by atoms with Crippen molar-refractivity contribution < 1.29 is 14.4 Å². The van der Waals surface area contributed by atoms with E-state index in [0.717, 1.165) is 25.1 Å². The number of amides is 1. The number of hydrogen-bond acceptors (Lipinski definition) is 3. The molecule has 1 aromatic rings. The molecule has 1 aromatic carbocycles. The van der Waals surface area contributed by atoms with Gasteiger partial charge in [-0.3, -0.25) is 14.9 Å². The van der Waals surface area contributed by atoms with Crippen molar-refractivity contribution in [1.29, 1.82) is 0 Å². The summed E-state index contributed by atoms with van der Waals surface area (Å²) in [6.07, 6.45) is 0.717. The van der Waals surface area contributed by atoms with E-state index in [2.05, 4.69) is 25.7 Å². The smallest absolute Gasteiger partial charge is 0.274 e. The Balaban J connectivity index is 2.23. The van der Waals surface area contributed by atoms with Gasteiger partial charge in [-0.1, -0.05) is 20.8 Å². The number of hydrogen-bond donors (Lipinski definition) is 2. The zero-order chi connectivity index (χ0) is 14.9. The van der Waals surface area contributed by atoms with E-state index in [1.54, 1.807) is 6.07 Å². The van der Waals surface area contributed by atoms with Crippen LogP contribution in [0.15, 0.2) is 12.1 Å². The van der Waals surface area contributed by atoms with Gasteiger partial charge in [-0.15, -0.1) is 0 Å². The van der Waals surface area contributed by atoms with Gasteiger partial charge in [0.1, 0.15) is 5.82 Å². The fourth-order valence-electron chi connectivity index (χ4n) is 2.68. The van der Waals surface area contributed by atoms with Crippen LogP contribution in [0.3, 0.4) is 0 Å². The molecule has 2 N–H and O–H groups in total. The molecule has 0 aliphatic carbocycles. The molecule has 1 aliphatic rings. The summed E-state index contributed by atoms with van der Waals surface area (Å²) >= 11 is 0. The summed E-state index contributed by atoms with van der Waals surface area (Å²) in [6, 6.07) is 2.85. The van der Waals surface area contributed by atoms with E-state index >= 15 is 0 Å². The maximum Gasteiger partial charge on any atom is 0.274 e. The van der Waals surface area contributed by atoms with E-state index in [1.807, 2.05) is 0 Å². The third kappa shape index (κ3) is 3.35. The Kier molecular flexibility index (Phi) is 4.11. The van der Waals surface area contributed by atoms with Gasteiger partial charge in [-0.25, -0.2) is 9.87 Å². The number of nitrogens with one attached hydrogen (secondary N) is 1. The van der Waals surface area contributed by atoms with Crippen LogP contribution in [0.25, 0.3) is 0 Å². The van der Waals surface area contributed by atoms with Crippen molar-refractivity contribution in [2.45, 2.75) is 33.7 Å². The zero-order valence-corrected chi connectivity index (χ0v) is 12.2. The highest BCUT2D eigenvalue weighted by atomic mass is 19.1. The number of rotatable bonds is 2. The predicted octanol–water partition coefficient (Wildman–Crippen LogP) is 2.35. The lowest BCUT2D eigenvalue weighted by atomic mass is 9.92. The molecule has 0 atom stereocenters. The molecule has 0 unspecified atom stereocenters. The Labute approximate surface area is 118 Å². The van der Waals surface area contributed by atoms with Gasteiger partial charge in [0, 0.05) is 30.8 Å². The fraction of sp³-hybridized carbons (Fsp3) is 0.533. The Bertz CT molecular complexity index is 523. The lowest BCUT2D eigenvalue weighted by molar-refractivity contribution is 0.0705. The number of fused-ring (bicyclic) bond motifs is 1. The molecule has 0 radical (unpaired) electrons. The number of carbonyl (C=O) groups excluding carboxylic acids is 1. The molecule has 1 amide bonds. The molecule has 1 heterocycles. The first-order valence-electron chi connectivity index (χ1n) is 6.78. The van der Waals surface area contributed by atoms with Crippen LogP contribution in [0.5, 0.6) is 0 Å². The van der Waals surface area contributed by atoms with Gasteiger partial charge in [-0.05, 0) is 29.5 Å².